The number of nitrogens with zero attached hydrogens (tertiary/aromatic N) is 4. The van der Waals surface area contributed by atoms with Crippen LogP contribution in [0, 0.1) is 0 Å². The van der Waals surface area contributed by atoms with Crippen molar-refractivity contribution in [3.63, 3.8) is 0 Å². The molecule has 0 spiro atoms. The quantitative estimate of drug-likeness (QED) is 0.808. The summed E-state index contributed by atoms with van der Waals surface area (Å²) in [5, 5.41) is 9.17. The van der Waals surface area contributed by atoms with Crippen LogP contribution in [0.4, 0.5) is 0 Å². The molecule has 0 saturated heterocycles. The van der Waals surface area contributed by atoms with E-state index in [2.05, 4.69) is 15.2 Å². The van der Waals surface area contributed by atoms with Crippen LogP contribution in [0.2, 0.25) is 5.02 Å². The van der Waals surface area contributed by atoms with Gasteiger partial charge in [0.15, 0.2) is 0 Å². The fourth-order valence-electron chi connectivity index (χ4n) is 2.94. The van der Waals surface area contributed by atoms with E-state index in [1.54, 1.807) is 7.11 Å². The predicted molar refractivity (Wildman–Crippen MR) is 87.8 cm³/mol. The van der Waals surface area contributed by atoms with Crippen LogP contribution in [0.15, 0.2) is 24.3 Å². The normalized spacial score (nSPS) is 18.0. The third-order valence-corrected chi connectivity index (χ3v) is 4.40. The second-order valence-electron chi connectivity index (χ2n) is 5.60. The summed E-state index contributed by atoms with van der Waals surface area (Å²) in [4.78, 5) is 2.34. The summed E-state index contributed by atoms with van der Waals surface area (Å²) in [5.74, 6) is 0.829. The van der Waals surface area contributed by atoms with Crippen molar-refractivity contribution in [2.24, 2.45) is 7.05 Å². The SMILES string of the molecule is COCC1c2nnn(C)c2CCN1CCOc1ccc(Cl)cc1. The van der Waals surface area contributed by atoms with Gasteiger partial charge in [0.2, 0.25) is 0 Å². The van der Waals surface area contributed by atoms with Gasteiger partial charge < -0.3 is 9.47 Å². The van der Waals surface area contributed by atoms with E-state index < -0.39 is 0 Å². The Morgan fingerprint density at radius 3 is 2.83 bits per heavy atom. The molecular formula is C16H21ClN4O2. The standard InChI is InChI=1S/C16H21ClN4O2/c1-20-14-7-8-21(15(11-22-2)16(14)18-19-20)9-10-23-13-5-3-12(17)4-6-13/h3-6,15H,7-11H2,1-2H3. The maximum atomic E-state index is 5.88. The van der Waals surface area contributed by atoms with Gasteiger partial charge >= 0.3 is 0 Å². The second kappa shape index (κ2) is 7.29. The van der Waals surface area contributed by atoms with Gasteiger partial charge in [0.25, 0.3) is 0 Å². The Bertz CT molecular complexity index is 644. The minimum Gasteiger partial charge on any atom is -0.492 e. The smallest absolute Gasteiger partial charge is 0.119 e. The minimum atomic E-state index is 0.131. The summed E-state index contributed by atoms with van der Waals surface area (Å²) in [6, 6.07) is 7.55. The first-order valence-electron chi connectivity index (χ1n) is 7.69. The van der Waals surface area contributed by atoms with Gasteiger partial charge in [0, 0.05) is 38.7 Å². The molecule has 0 fully saturated rings. The van der Waals surface area contributed by atoms with Gasteiger partial charge in [-0.15, -0.1) is 5.10 Å². The van der Waals surface area contributed by atoms with Crippen LogP contribution in [-0.2, 0) is 18.2 Å². The van der Waals surface area contributed by atoms with E-state index in [1.807, 2.05) is 36.0 Å². The van der Waals surface area contributed by atoms with Crippen LogP contribution in [0.25, 0.3) is 0 Å². The number of hydrogen-bond acceptors (Lipinski definition) is 5. The molecule has 0 radical (unpaired) electrons. The Kier molecular flexibility index (Phi) is 5.15. The molecule has 6 nitrogen and oxygen atoms in total. The molecule has 1 aliphatic rings. The van der Waals surface area contributed by atoms with Gasteiger partial charge in [-0.25, -0.2) is 0 Å². The number of methoxy groups -OCH3 is 1. The molecule has 1 unspecified atom stereocenters. The molecule has 7 heteroatoms. The summed E-state index contributed by atoms with van der Waals surface area (Å²) >= 11 is 5.88. The molecule has 0 amide bonds. The van der Waals surface area contributed by atoms with Crippen molar-refractivity contribution in [1.29, 1.82) is 0 Å². The van der Waals surface area contributed by atoms with E-state index in [1.165, 1.54) is 5.69 Å². The van der Waals surface area contributed by atoms with E-state index in [-0.39, 0.29) is 6.04 Å². The van der Waals surface area contributed by atoms with Crippen molar-refractivity contribution in [1.82, 2.24) is 19.9 Å². The fraction of sp³-hybridized carbons (Fsp3) is 0.500. The minimum absolute atomic E-state index is 0.131. The lowest BCUT2D eigenvalue weighted by atomic mass is 10.0. The number of aryl methyl sites for hydroxylation is 1. The van der Waals surface area contributed by atoms with Crippen molar-refractivity contribution in [2.75, 3.05) is 33.4 Å². The highest BCUT2D eigenvalue weighted by atomic mass is 35.5. The summed E-state index contributed by atoms with van der Waals surface area (Å²) in [6.45, 7) is 2.98. The highest BCUT2D eigenvalue weighted by Crippen LogP contribution is 2.27. The van der Waals surface area contributed by atoms with Gasteiger partial charge in [0.1, 0.15) is 18.1 Å². The zero-order chi connectivity index (χ0) is 16.2. The first-order valence-corrected chi connectivity index (χ1v) is 8.06. The molecule has 2 aromatic rings. The summed E-state index contributed by atoms with van der Waals surface area (Å²) in [6.07, 6.45) is 0.944. The lowest BCUT2D eigenvalue weighted by molar-refractivity contribution is 0.0701. The molecule has 1 aromatic heterocycles. The molecule has 0 saturated carbocycles. The van der Waals surface area contributed by atoms with Crippen LogP contribution < -0.4 is 4.74 Å². The molecular weight excluding hydrogens is 316 g/mol. The summed E-state index contributed by atoms with van der Waals surface area (Å²) in [7, 11) is 3.65. The van der Waals surface area contributed by atoms with Gasteiger partial charge in [-0.05, 0) is 24.3 Å². The average Bonchev–Trinajstić information content (AvgIpc) is 2.93. The lowest BCUT2D eigenvalue weighted by Crippen LogP contribution is -2.40. The third kappa shape index (κ3) is 3.65. The lowest BCUT2D eigenvalue weighted by Gasteiger charge is -2.34. The molecule has 0 aliphatic carbocycles. The Labute approximate surface area is 140 Å². The Morgan fingerprint density at radius 2 is 2.09 bits per heavy atom. The van der Waals surface area contributed by atoms with Crippen LogP contribution in [0.1, 0.15) is 17.4 Å². The van der Waals surface area contributed by atoms with Gasteiger partial charge in [-0.1, -0.05) is 16.8 Å². The number of ether oxygens (including phenoxy) is 2. The van der Waals surface area contributed by atoms with E-state index in [4.69, 9.17) is 21.1 Å². The van der Waals surface area contributed by atoms with Gasteiger partial charge in [-0.3, -0.25) is 9.58 Å². The van der Waals surface area contributed by atoms with E-state index >= 15 is 0 Å². The predicted octanol–water partition coefficient (Wildman–Crippen LogP) is 2.09. The van der Waals surface area contributed by atoms with Crippen LogP contribution in [0.3, 0.4) is 0 Å². The maximum absolute atomic E-state index is 5.88. The monoisotopic (exact) mass is 336 g/mol. The molecule has 1 atom stereocenters. The molecule has 3 rings (SSSR count). The van der Waals surface area contributed by atoms with E-state index in [0.29, 0.717) is 18.2 Å². The largest absolute Gasteiger partial charge is 0.492 e. The number of aromatic nitrogens is 3. The highest BCUT2D eigenvalue weighted by Gasteiger charge is 2.31. The second-order valence-corrected chi connectivity index (χ2v) is 6.04. The molecule has 2 heterocycles. The first kappa shape index (κ1) is 16.2. The molecule has 1 aliphatic heterocycles. The number of benzene rings is 1. The summed E-state index contributed by atoms with van der Waals surface area (Å²) < 4.78 is 13.0. The molecule has 23 heavy (non-hydrogen) atoms. The van der Waals surface area contributed by atoms with Crippen molar-refractivity contribution < 1.29 is 9.47 Å². The Balaban J connectivity index is 1.61. The molecule has 0 bridgehead atoms. The maximum Gasteiger partial charge on any atom is 0.119 e. The number of hydrogen-bond donors (Lipinski definition) is 0. The fourth-order valence-corrected chi connectivity index (χ4v) is 3.07. The topological polar surface area (TPSA) is 52.4 Å². The van der Waals surface area contributed by atoms with E-state index in [9.17, 15) is 0 Å². The Hall–Kier alpha value is -1.63. The van der Waals surface area contributed by atoms with Crippen molar-refractivity contribution in [2.45, 2.75) is 12.5 Å². The van der Waals surface area contributed by atoms with Crippen LogP contribution in [-0.4, -0.2) is 53.3 Å². The number of rotatable bonds is 6. The van der Waals surface area contributed by atoms with E-state index in [0.717, 1.165) is 31.0 Å². The molecule has 124 valence electrons. The van der Waals surface area contributed by atoms with Crippen LogP contribution in [0.5, 0.6) is 5.75 Å². The molecule has 1 aromatic carbocycles. The van der Waals surface area contributed by atoms with Crippen molar-refractivity contribution in [3.05, 3.63) is 40.7 Å². The van der Waals surface area contributed by atoms with Crippen molar-refractivity contribution in [3.8, 4) is 5.75 Å². The molecule has 0 N–H and O–H groups in total. The van der Waals surface area contributed by atoms with Gasteiger partial charge in [-0.2, -0.15) is 0 Å². The van der Waals surface area contributed by atoms with Crippen molar-refractivity contribution >= 4 is 11.6 Å². The Morgan fingerprint density at radius 1 is 1.30 bits per heavy atom. The third-order valence-electron chi connectivity index (χ3n) is 4.15. The summed E-state index contributed by atoms with van der Waals surface area (Å²) in [5.41, 5.74) is 2.22. The van der Waals surface area contributed by atoms with Crippen LogP contribution >= 0.6 is 11.6 Å². The number of halogens is 1. The number of fused-ring (bicyclic) bond motifs is 1. The average molecular weight is 337 g/mol. The first-order chi connectivity index (χ1) is 11.2. The van der Waals surface area contributed by atoms with Gasteiger partial charge in [0.05, 0.1) is 18.3 Å². The zero-order valence-electron chi connectivity index (χ0n) is 13.4. The highest BCUT2D eigenvalue weighted by molar-refractivity contribution is 6.30. The zero-order valence-corrected chi connectivity index (χ0v) is 14.2.